The topological polar surface area (TPSA) is 89.5 Å². The predicted octanol–water partition coefficient (Wildman–Crippen LogP) is 2.88. The van der Waals surface area contributed by atoms with Crippen LogP contribution < -0.4 is 5.32 Å². The van der Waals surface area contributed by atoms with E-state index in [0.29, 0.717) is 17.4 Å². The van der Waals surface area contributed by atoms with Crippen LogP contribution in [0.5, 0.6) is 0 Å². The lowest BCUT2D eigenvalue weighted by Gasteiger charge is -2.35. The Labute approximate surface area is 161 Å². The zero-order valence-electron chi connectivity index (χ0n) is 16.6. The molecule has 2 rings (SSSR count). The molecule has 6 nitrogen and oxygen atoms in total. The highest BCUT2D eigenvalue weighted by molar-refractivity contribution is 7.90. The molecule has 0 spiro atoms. The number of nitrogens with one attached hydrogen (secondary N) is 1. The van der Waals surface area contributed by atoms with Crippen LogP contribution in [-0.4, -0.2) is 38.7 Å². The van der Waals surface area contributed by atoms with Crippen LogP contribution >= 0.6 is 0 Å². The maximum Gasteiger partial charge on any atom is 0.339 e. The number of sulfone groups is 1. The van der Waals surface area contributed by atoms with E-state index in [1.807, 2.05) is 0 Å². The van der Waals surface area contributed by atoms with Gasteiger partial charge < -0.3 is 10.1 Å². The second-order valence-corrected chi connectivity index (χ2v) is 9.69. The van der Waals surface area contributed by atoms with E-state index in [2.05, 4.69) is 19.2 Å². The Bertz CT molecular complexity index is 818. The molecule has 0 radical (unpaired) electrons. The Morgan fingerprint density at radius 3 is 2.52 bits per heavy atom. The standard InChI is InChI=1S/C20H29NO5S/c1-12-7-6-8-18(14(12)3)21-19(22)15(4)26-20(23)17-11-16(27(5,24)25)10-9-13(17)2/h9-12,14-15,18H,6-8H2,1-5H3,(H,21,22)/t12-,14-,15-,18-/m0/s1. The molecule has 1 amide bonds. The summed E-state index contributed by atoms with van der Waals surface area (Å²) in [5.74, 6) is -0.112. The zero-order valence-corrected chi connectivity index (χ0v) is 17.4. The lowest BCUT2D eigenvalue weighted by Crippen LogP contribution is -2.47. The highest BCUT2D eigenvalue weighted by Crippen LogP contribution is 2.29. The van der Waals surface area contributed by atoms with E-state index < -0.39 is 21.9 Å². The van der Waals surface area contributed by atoms with Gasteiger partial charge in [-0.05, 0) is 49.8 Å². The van der Waals surface area contributed by atoms with Crippen LogP contribution in [0.4, 0.5) is 0 Å². The third-order valence-electron chi connectivity index (χ3n) is 5.54. The lowest BCUT2D eigenvalue weighted by molar-refractivity contribution is -0.130. The molecule has 1 aliphatic carbocycles. The number of rotatable bonds is 5. The molecule has 0 bridgehead atoms. The van der Waals surface area contributed by atoms with Gasteiger partial charge in [0.1, 0.15) is 0 Å². The summed E-state index contributed by atoms with van der Waals surface area (Å²) in [6.07, 6.45) is 3.28. The molecular weight excluding hydrogens is 366 g/mol. The van der Waals surface area contributed by atoms with Crippen molar-refractivity contribution in [2.75, 3.05) is 6.26 Å². The summed E-state index contributed by atoms with van der Waals surface area (Å²) in [4.78, 5) is 25.0. The molecule has 0 aromatic heterocycles. The van der Waals surface area contributed by atoms with E-state index in [9.17, 15) is 18.0 Å². The Morgan fingerprint density at radius 1 is 1.22 bits per heavy atom. The minimum Gasteiger partial charge on any atom is -0.449 e. The van der Waals surface area contributed by atoms with Crippen LogP contribution in [0.3, 0.4) is 0 Å². The monoisotopic (exact) mass is 395 g/mol. The second kappa shape index (κ2) is 8.42. The number of hydrogen-bond donors (Lipinski definition) is 1. The summed E-state index contributed by atoms with van der Waals surface area (Å²) in [6.45, 7) is 7.54. The van der Waals surface area contributed by atoms with E-state index in [0.717, 1.165) is 25.5 Å². The van der Waals surface area contributed by atoms with Crippen molar-refractivity contribution in [1.29, 1.82) is 0 Å². The first-order valence-electron chi connectivity index (χ1n) is 9.32. The molecular formula is C20H29NO5S. The summed E-state index contributed by atoms with van der Waals surface area (Å²) in [7, 11) is -3.44. The largest absolute Gasteiger partial charge is 0.449 e. The fraction of sp³-hybridized carbons (Fsp3) is 0.600. The number of ether oxygens (including phenoxy) is 1. The highest BCUT2D eigenvalue weighted by Gasteiger charge is 2.30. The molecule has 1 aromatic carbocycles. The van der Waals surface area contributed by atoms with Crippen molar-refractivity contribution < 1.29 is 22.7 Å². The molecule has 150 valence electrons. The van der Waals surface area contributed by atoms with Crippen molar-refractivity contribution in [3.8, 4) is 0 Å². The van der Waals surface area contributed by atoms with Crippen molar-refractivity contribution in [2.24, 2.45) is 11.8 Å². The Morgan fingerprint density at radius 2 is 1.89 bits per heavy atom. The first-order chi connectivity index (χ1) is 12.5. The summed E-state index contributed by atoms with van der Waals surface area (Å²) < 4.78 is 28.7. The zero-order chi connectivity index (χ0) is 20.4. The quantitative estimate of drug-likeness (QED) is 0.774. The molecule has 1 N–H and O–H groups in total. The first kappa shape index (κ1) is 21.4. The number of amides is 1. The van der Waals surface area contributed by atoms with Crippen molar-refractivity contribution in [2.45, 2.75) is 64.0 Å². The molecule has 4 atom stereocenters. The van der Waals surface area contributed by atoms with E-state index in [1.54, 1.807) is 13.0 Å². The van der Waals surface area contributed by atoms with Crippen molar-refractivity contribution in [1.82, 2.24) is 5.32 Å². The van der Waals surface area contributed by atoms with Crippen molar-refractivity contribution >= 4 is 21.7 Å². The molecule has 0 saturated heterocycles. The van der Waals surface area contributed by atoms with Gasteiger partial charge in [-0.2, -0.15) is 0 Å². The van der Waals surface area contributed by atoms with Crippen LogP contribution in [0.2, 0.25) is 0 Å². The number of carbonyl (C=O) groups excluding carboxylic acids is 2. The molecule has 0 unspecified atom stereocenters. The van der Waals surface area contributed by atoms with Crippen LogP contribution in [0.25, 0.3) is 0 Å². The van der Waals surface area contributed by atoms with Crippen LogP contribution in [-0.2, 0) is 19.4 Å². The molecule has 1 saturated carbocycles. The van der Waals surface area contributed by atoms with E-state index in [1.165, 1.54) is 19.1 Å². The summed E-state index contributed by atoms with van der Waals surface area (Å²) in [5.41, 5.74) is 0.743. The van der Waals surface area contributed by atoms with Gasteiger partial charge in [0.05, 0.1) is 10.5 Å². The van der Waals surface area contributed by atoms with Crippen LogP contribution in [0.1, 0.15) is 56.0 Å². The van der Waals surface area contributed by atoms with E-state index >= 15 is 0 Å². The fourth-order valence-corrected chi connectivity index (χ4v) is 4.06. The third-order valence-corrected chi connectivity index (χ3v) is 6.65. The van der Waals surface area contributed by atoms with Gasteiger partial charge in [0.25, 0.3) is 5.91 Å². The van der Waals surface area contributed by atoms with Crippen LogP contribution in [0.15, 0.2) is 23.1 Å². The fourth-order valence-electron chi connectivity index (χ4n) is 3.42. The van der Waals surface area contributed by atoms with Crippen molar-refractivity contribution in [3.05, 3.63) is 29.3 Å². The number of esters is 1. The third kappa shape index (κ3) is 5.31. The van der Waals surface area contributed by atoms with E-state index in [-0.39, 0.29) is 22.4 Å². The molecule has 1 fully saturated rings. The highest BCUT2D eigenvalue weighted by atomic mass is 32.2. The van der Waals surface area contributed by atoms with Gasteiger partial charge in [-0.15, -0.1) is 0 Å². The van der Waals surface area contributed by atoms with Gasteiger partial charge in [0.2, 0.25) is 0 Å². The maximum absolute atomic E-state index is 12.5. The Balaban J connectivity index is 2.06. The van der Waals surface area contributed by atoms with Crippen LogP contribution in [0, 0.1) is 18.8 Å². The minimum absolute atomic E-state index is 0.0437. The number of carbonyl (C=O) groups is 2. The Hall–Kier alpha value is -1.89. The van der Waals surface area contributed by atoms with Gasteiger partial charge in [-0.3, -0.25) is 4.79 Å². The number of hydrogen-bond acceptors (Lipinski definition) is 5. The van der Waals surface area contributed by atoms with Gasteiger partial charge in [-0.1, -0.05) is 32.8 Å². The van der Waals surface area contributed by atoms with E-state index in [4.69, 9.17) is 4.74 Å². The first-order valence-corrected chi connectivity index (χ1v) is 11.2. The molecule has 27 heavy (non-hydrogen) atoms. The van der Waals surface area contributed by atoms with Crippen molar-refractivity contribution in [3.63, 3.8) is 0 Å². The second-order valence-electron chi connectivity index (χ2n) is 7.68. The molecule has 0 heterocycles. The lowest BCUT2D eigenvalue weighted by atomic mass is 9.78. The SMILES string of the molecule is Cc1ccc(S(C)(=O)=O)cc1C(=O)O[C@@H](C)C(=O)N[C@H]1CCC[C@H](C)[C@@H]1C. The summed E-state index contributed by atoms with van der Waals surface area (Å²) in [6, 6.07) is 4.38. The Kier molecular flexibility index (Phi) is 6.68. The number of aryl methyl sites for hydroxylation is 1. The number of benzene rings is 1. The smallest absolute Gasteiger partial charge is 0.339 e. The van der Waals surface area contributed by atoms with Gasteiger partial charge >= 0.3 is 5.97 Å². The van der Waals surface area contributed by atoms with Gasteiger partial charge in [0.15, 0.2) is 15.9 Å². The predicted molar refractivity (Wildman–Crippen MR) is 103 cm³/mol. The molecule has 0 aliphatic heterocycles. The normalized spacial score (nSPS) is 24.1. The molecule has 1 aliphatic rings. The van der Waals surface area contributed by atoms with Gasteiger partial charge in [0, 0.05) is 12.3 Å². The average molecular weight is 396 g/mol. The summed E-state index contributed by atoms with van der Waals surface area (Å²) in [5, 5.41) is 2.99. The maximum atomic E-state index is 12.5. The summed E-state index contributed by atoms with van der Waals surface area (Å²) >= 11 is 0. The molecule has 7 heteroatoms. The minimum atomic E-state index is -3.44. The van der Waals surface area contributed by atoms with Gasteiger partial charge in [-0.25, -0.2) is 13.2 Å². The average Bonchev–Trinajstić information content (AvgIpc) is 2.58. The molecule has 1 aromatic rings.